The van der Waals surface area contributed by atoms with Gasteiger partial charge in [-0.05, 0) is 12.1 Å². The number of rotatable bonds is 5. The van der Waals surface area contributed by atoms with Crippen LogP contribution in [0.4, 0.5) is 32.4 Å². The highest BCUT2D eigenvalue weighted by Crippen LogP contribution is 2.15. The van der Waals surface area contributed by atoms with E-state index in [1.807, 2.05) is 5.32 Å². The zero-order valence-corrected chi connectivity index (χ0v) is 11.0. The highest BCUT2D eigenvalue weighted by Gasteiger charge is 2.29. The molecule has 122 valence electrons. The van der Waals surface area contributed by atoms with Crippen LogP contribution in [0.15, 0.2) is 18.2 Å². The summed E-state index contributed by atoms with van der Waals surface area (Å²) in [7, 11) is 0. The van der Waals surface area contributed by atoms with Crippen molar-refractivity contribution in [1.82, 2.24) is 5.32 Å². The Morgan fingerprint density at radius 1 is 1.18 bits per heavy atom. The fourth-order valence-electron chi connectivity index (χ4n) is 1.28. The minimum Gasteiger partial charge on any atom is -0.440 e. The first kappa shape index (κ1) is 17.7. The molecule has 5 nitrogen and oxygen atoms in total. The second kappa shape index (κ2) is 7.57. The number of hydrogen-bond donors (Lipinski definition) is 2. The lowest BCUT2D eigenvalue weighted by molar-refractivity contribution is -0.160. The van der Waals surface area contributed by atoms with Gasteiger partial charge in [-0.3, -0.25) is 4.79 Å². The molecule has 0 radical (unpaired) electrons. The van der Waals surface area contributed by atoms with Crippen LogP contribution in [0.1, 0.15) is 6.42 Å². The van der Waals surface area contributed by atoms with Crippen molar-refractivity contribution < 1.29 is 36.3 Å². The van der Waals surface area contributed by atoms with Crippen molar-refractivity contribution in [3.8, 4) is 0 Å². The minimum absolute atomic E-state index is 0.334. The van der Waals surface area contributed by atoms with Crippen molar-refractivity contribution in [2.24, 2.45) is 0 Å². The average Bonchev–Trinajstić information content (AvgIpc) is 2.40. The maximum absolute atomic E-state index is 13.2. The van der Waals surface area contributed by atoms with Crippen molar-refractivity contribution in [2.45, 2.75) is 12.6 Å². The van der Waals surface area contributed by atoms with Crippen molar-refractivity contribution in [1.29, 1.82) is 0 Å². The van der Waals surface area contributed by atoms with E-state index in [0.717, 1.165) is 18.2 Å². The standard InChI is InChI=1S/C12H11F5N2O3/c13-7-1-2-8(14)9(5-7)19-10(20)3-4-18-11(21)22-6-12(15,16)17/h1-2,5H,3-4,6H2,(H,18,21)(H,19,20). The van der Waals surface area contributed by atoms with Gasteiger partial charge in [-0.1, -0.05) is 0 Å². The van der Waals surface area contributed by atoms with Crippen molar-refractivity contribution in [2.75, 3.05) is 18.5 Å². The predicted molar refractivity (Wildman–Crippen MR) is 65.0 cm³/mol. The van der Waals surface area contributed by atoms with Gasteiger partial charge in [0.1, 0.15) is 11.6 Å². The molecule has 0 saturated heterocycles. The van der Waals surface area contributed by atoms with Gasteiger partial charge in [0.25, 0.3) is 0 Å². The van der Waals surface area contributed by atoms with E-state index in [1.54, 1.807) is 0 Å². The Labute approximate surface area is 121 Å². The molecule has 1 aromatic carbocycles. The first-order valence-corrected chi connectivity index (χ1v) is 5.89. The summed E-state index contributed by atoms with van der Waals surface area (Å²) in [4.78, 5) is 22.3. The maximum atomic E-state index is 13.2. The summed E-state index contributed by atoms with van der Waals surface area (Å²) >= 11 is 0. The molecule has 10 heteroatoms. The third-order valence-electron chi connectivity index (χ3n) is 2.19. The second-order valence-electron chi connectivity index (χ2n) is 4.04. The number of ether oxygens (including phenoxy) is 1. The van der Waals surface area contributed by atoms with Gasteiger partial charge in [0.15, 0.2) is 6.61 Å². The smallest absolute Gasteiger partial charge is 0.422 e. The quantitative estimate of drug-likeness (QED) is 0.817. The molecule has 0 heterocycles. The van der Waals surface area contributed by atoms with Crippen LogP contribution in [0.2, 0.25) is 0 Å². The topological polar surface area (TPSA) is 67.4 Å². The summed E-state index contributed by atoms with van der Waals surface area (Å²) in [5.74, 6) is -2.38. The normalized spacial score (nSPS) is 11.0. The second-order valence-corrected chi connectivity index (χ2v) is 4.04. The molecule has 1 rings (SSSR count). The van der Waals surface area contributed by atoms with Gasteiger partial charge in [-0.25, -0.2) is 13.6 Å². The molecule has 0 atom stereocenters. The molecule has 1 aromatic rings. The Morgan fingerprint density at radius 2 is 1.86 bits per heavy atom. The van der Waals surface area contributed by atoms with E-state index in [-0.39, 0.29) is 18.7 Å². The van der Waals surface area contributed by atoms with E-state index < -0.39 is 36.4 Å². The molecule has 22 heavy (non-hydrogen) atoms. The summed E-state index contributed by atoms with van der Waals surface area (Å²) < 4.78 is 65.1. The van der Waals surface area contributed by atoms with Gasteiger partial charge in [0.05, 0.1) is 5.69 Å². The van der Waals surface area contributed by atoms with Crippen LogP contribution in [0.5, 0.6) is 0 Å². The molecule has 2 N–H and O–H groups in total. The Kier molecular flexibility index (Phi) is 6.08. The molecular weight excluding hydrogens is 315 g/mol. The summed E-state index contributed by atoms with van der Waals surface area (Å²) in [5.41, 5.74) is -0.385. The average molecular weight is 326 g/mol. The fourth-order valence-corrected chi connectivity index (χ4v) is 1.28. The largest absolute Gasteiger partial charge is 0.440 e. The van der Waals surface area contributed by atoms with Gasteiger partial charge in [0, 0.05) is 19.0 Å². The molecule has 0 unspecified atom stereocenters. The Balaban J connectivity index is 2.32. The molecular formula is C12H11F5N2O3. The number of nitrogens with one attached hydrogen (secondary N) is 2. The number of halogens is 5. The fraction of sp³-hybridized carbons (Fsp3) is 0.333. The van der Waals surface area contributed by atoms with Crippen LogP contribution < -0.4 is 10.6 Å². The van der Waals surface area contributed by atoms with Crippen LogP contribution in [0, 0.1) is 11.6 Å². The first-order valence-electron chi connectivity index (χ1n) is 5.89. The van der Waals surface area contributed by atoms with Crippen LogP contribution in [0.25, 0.3) is 0 Å². The molecule has 0 aromatic heterocycles. The monoisotopic (exact) mass is 326 g/mol. The Hall–Kier alpha value is -2.39. The third-order valence-corrected chi connectivity index (χ3v) is 2.19. The molecule has 0 saturated carbocycles. The summed E-state index contributed by atoms with van der Waals surface area (Å²) in [6.45, 7) is -2.08. The van der Waals surface area contributed by atoms with E-state index in [4.69, 9.17) is 0 Å². The molecule has 0 aliphatic carbocycles. The lowest BCUT2D eigenvalue weighted by atomic mass is 10.3. The number of amides is 2. The third kappa shape index (κ3) is 6.86. The van der Waals surface area contributed by atoms with E-state index in [2.05, 4.69) is 10.1 Å². The van der Waals surface area contributed by atoms with Crippen molar-refractivity contribution >= 4 is 17.7 Å². The van der Waals surface area contributed by atoms with Gasteiger partial charge in [-0.15, -0.1) is 0 Å². The van der Waals surface area contributed by atoms with Gasteiger partial charge < -0.3 is 15.4 Å². The van der Waals surface area contributed by atoms with Gasteiger partial charge >= 0.3 is 12.3 Å². The summed E-state index contributed by atoms with van der Waals surface area (Å²) in [6, 6.07) is 2.44. The SMILES string of the molecule is O=C(CCNC(=O)OCC(F)(F)F)Nc1cc(F)ccc1F. The number of anilines is 1. The summed E-state index contributed by atoms with van der Waals surface area (Å²) in [5, 5.41) is 3.96. The minimum atomic E-state index is -4.65. The van der Waals surface area contributed by atoms with E-state index >= 15 is 0 Å². The van der Waals surface area contributed by atoms with Crippen molar-refractivity contribution in [3.05, 3.63) is 29.8 Å². The Bertz CT molecular complexity index is 548. The van der Waals surface area contributed by atoms with Gasteiger partial charge in [0.2, 0.25) is 5.91 Å². The van der Waals surface area contributed by atoms with Gasteiger partial charge in [-0.2, -0.15) is 13.2 Å². The highest BCUT2D eigenvalue weighted by molar-refractivity contribution is 5.91. The molecule has 0 bridgehead atoms. The highest BCUT2D eigenvalue weighted by atomic mass is 19.4. The molecule has 2 amide bonds. The van der Waals surface area contributed by atoms with Crippen LogP contribution in [-0.2, 0) is 9.53 Å². The lowest BCUT2D eigenvalue weighted by Crippen LogP contribution is -2.31. The van der Waals surface area contributed by atoms with E-state index in [0.29, 0.717) is 0 Å². The van der Waals surface area contributed by atoms with Crippen molar-refractivity contribution in [3.63, 3.8) is 0 Å². The number of hydrogen-bond acceptors (Lipinski definition) is 3. The number of carbonyl (C=O) groups is 2. The molecule has 0 spiro atoms. The molecule has 0 aliphatic heterocycles. The number of benzene rings is 1. The number of alkyl halides is 3. The molecule has 0 fully saturated rings. The predicted octanol–water partition coefficient (Wildman–Crippen LogP) is 2.58. The zero-order valence-electron chi connectivity index (χ0n) is 11.0. The Morgan fingerprint density at radius 3 is 2.50 bits per heavy atom. The number of carbonyl (C=O) groups excluding carboxylic acids is 2. The van der Waals surface area contributed by atoms with Crippen LogP contribution >= 0.6 is 0 Å². The van der Waals surface area contributed by atoms with E-state index in [1.165, 1.54) is 0 Å². The zero-order chi connectivity index (χ0) is 16.8. The molecule has 0 aliphatic rings. The van der Waals surface area contributed by atoms with Crippen LogP contribution in [-0.4, -0.2) is 31.3 Å². The first-order chi connectivity index (χ1) is 10.2. The van der Waals surface area contributed by atoms with Crippen LogP contribution in [0.3, 0.4) is 0 Å². The van der Waals surface area contributed by atoms with E-state index in [9.17, 15) is 31.5 Å². The summed E-state index contributed by atoms with van der Waals surface area (Å²) in [6.07, 6.45) is -6.36. The maximum Gasteiger partial charge on any atom is 0.422 e. The lowest BCUT2D eigenvalue weighted by Gasteiger charge is -2.09. The number of alkyl carbamates (subject to hydrolysis) is 1.